The molecule has 1 fully saturated rings. The van der Waals surface area contributed by atoms with Gasteiger partial charge in [0.05, 0.1) is 6.04 Å². The second-order valence-electron chi connectivity index (χ2n) is 8.40. The van der Waals surface area contributed by atoms with Crippen LogP contribution in [0.4, 0.5) is 0 Å². The van der Waals surface area contributed by atoms with E-state index in [1.807, 2.05) is 30.5 Å². The number of nitrogens with zero attached hydrogens (tertiary/aromatic N) is 3. The minimum absolute atomic E-state index is 0.00537. The van der Waals surface area contributed by atoms with Crippen LogP contribution in [-0.2, 0) is 22.6 Å². The van der Waals surface area contributed by atoms with Gasteiger partial charge in [0.25, 0.3) is 0 Å². The average Bonchev–Trinajstić information content (AvgIpc) is 3.57. The van der Waals surface area contributed by atoms with E-state index in [0.717, 1.165) is 31.4 Å². The van der Waals surface area contributed by atoms with Gasteiger partial charge in [-0.3, -0.25) is 19.7 Å². The van der Waals surface area contributed by atoms with Crippen LogP contribution in [0.25, 0.3) is 0 Å². The van der Waals surface area contributed by atoms with Gasteiger partial charge in [-0.1, -0.05) is 54.6 Å². The van der Waals surface area contributed by atoms with E-state index in [0.29, 0.717) is 25.1 Å². The van der Waals surface area contributed by atoms with Crippen molar-refractivity contribution in [3.05, 3.63) is 89.7 Å². The first-order chi connectivity index (χ1) is 17.0. The third kappa shape index (κ3) is 7.51. The Bertz CT molecular complexity index is 1070. The van der Waals surface area contributed by atoms with E-state index in [9.17, 15) is 9.59 Å². The molecule has 2 atom stereocenters. The lowest BCUT2D eigenvalue weighted by atomic mass is 10.1. The number of hydrogen-bond donors (Lipinski definition) is 4. The zero-order valence-electron chi connectivity index (χ0n) is 19.7. The Labute approximate surface area is 205 Å². The number of amidine groups is 1. The lowest BCUT2D eigenvalue weighted by molar-refractivity contribution is -0.131. The van der Waals surface area contributed by atoms with Crippen molar-refractivity contribution in [1.29, 1.82) is 5.41 Å². The van der Waals surface area contributed by atoms with Crippen LogP contribution in [0, 0.1) is 5.41 Å². The Morgan fingerprint density at radius 2 is 1.86 bits per heavy atom. The molecule has 3 aromatic rings. The van der Waals surface area contributed by atoms with Gasteiger partial charge in [0, 0.05) is 37.5 Å². The normalized spacial score (nSPS) is 16.8. The van der Waals surface area contributed by atoms with Crippen LogP contribution in [0.1, 0.15) is 35.6 Å². The van der Waals surface area contributed by atoms with Crippen molar-refractivity contribution in [3.8, 4) is 0 Å². The molecule has 2 amide bonds. The van der Waals surface area contributed by atoms with Gasteiger partial charge in [-0.15, -0.1) is 0 Å². The fourth-order valence-electron chi connectivity index (χ4n) is 3.96. The highest BCUT2D eigenvalue weighted by molar-refractivity contribution is 5.94. The Morgan fingerprint density at radius 1 is 1.11 bits per heavy atom. The number of carbonyl (C=O) groups excluding carboxylic acids is 2. The van der Waals surface area contributed by atoms with Gasteiger partial charge in [0.15, 0.2) is 0 Å². The number of likely N-dealkylation sites (tertiary alicyclic amines) is 1. The van der Waals surface area contributed by atoms with E-state index in [4.69, 9.17) is 16.9 Å². The van der Waals surface area contributed by atoms with Crippen molar-refractivity contribution in [2.24, 2.45) is 11.5 Å². The van der Waals surface area contributed by atoms with Crippen molar-refractivity contribution in [3.63, 3.8) is 0 Å². The Morgan fingerprint density at radius 3 is 2.46 bits per heavy atom. The molecule has 2 aromatic carbocycles. The van der Waals surface area contributed by atoms with E-state index >= 15 is 0 Å². The maximum absolute atomic E-state index is 12.5. The molecule has 0 saturated carbocycles. The van der Waals surface area contributed by atoms with Gasteiger partial charge in [-0.05, 0) is 36.6 Å². The fraction of sp³-hybridized carbons (Fsp3) is 0.308. The molecule has 1 aliphatic rings. The summed E-state index contributed by atoms with van der Waals surface area (Å²) in [4.78, 5) is 25.3. The van der Waals surface area contributed by atoms with E-state index in [1.165, 1.54) is 10.5 Å². The topological polar surface area (TPSA) is 143 Å². The summed E-state index contributed by atoms with van der Waals surface area (Å²) in [6, 6.07) is 18.9. The largest absolute Gasteiger partial charge is 0.384 e. The number of amides is 2. The third-order valence-electron chi connectivity index (χ3n) is 5.90. The monoisotopic (exact) mass is 475 g/mol. The summed E-state index contributed by atoms with van der Waals surface area (Å²) in [6.45, 7) is 1.61. The van der Waals surface area contributed by atoms with Crippen LogP contribution in [0.15, 0.2) is 73.1 Å². The molecule has 1 aliphatic heterocycles. The summed E-state index contributed by atoms with van der Waals surface area (Å²) in [7, 11) is 0. The smallest absolute Gasteiger partial charge is 0.243 e. The minimum atomic E-state index is -0.497. The number of nitrogens with one attached hydrogen (secondary N) is 2. The van der Waals surface area contributed by atoms with E-state index in [-0.39, 0.29) is 17.8 Å². The fourth-order valence-corrected chi connectivity index (χ4v) is 3.96. The highest BCUT2D eigenvalue weighted by Gasteiger charge is 2.37. The number of carbonyl (C=O) groups is 2. The van der Waals surface area contributed by atoms with Gasteiger partial charge in [0.1, 0.15) is 11.9 Å². The average molecular weight is 476 g/mol. The first-order valence-electron chi connectivity index (χ1n) is 11.7. The zero-order chi connectivity index (χ0) is 25.0. The summed E-state index contributed by atoms with van der Waals surface area (Å²) in [6.07, 6.45) is 6.97. The maximum atomic E-state index is 12.5. The summed E-state index contributed by atoms with van der Waals surface area (Å²) in [5, 5.41) is 14.4. The van der Waals surface area contributed by atoms with E-state index in [2.05, 4.69) is 34.7 Å². The van der Waals surface area contributed by atoms with Crippen molar-refractivity contribution < 1.29 is 9.59 Å². The molecule has 0 bridgehead atoms. The van der Waals surface area contributed by atoms with Gasteiger partial charge < -0.3 is 21.7 Å². The van der Waals surface area contributed by atoms with Gasteiger partial charge in [0.2, 0.25) is 12.3 Å². The van der Waals surface area contributed by atoms with E-state index in [1.54, 1.807) is 23.0 Å². The standard InChI is InChI=1S/C17H20N6O2.C9H13N/c18-16(19)13-4-2-12(3-5-13)9-20-17(25)15-8-14(10-22(15)11-24)23-7-1-6-21-23;10-8-4-7-9-5-2-1-3-6-9/h1-7,11,14-15H,8-10H2,(H3,18,19)(H,20,25);1-3,5-6H,4,7-8,10H2. The number of aryl methyl sites for hydroxylation is 1. The van der Waals surface area contributed by atoms with Crippen LogP contribution >= 0.6 is 0 Å². The Hall–Kier alpha value is -3.98. The molecule has 0 spiro atoms. The molecular formula is C26H33N7O2. The van der Waals surface area contributed by atoms with Crippen molar-refractivity contribution in [2.75, 3.05) is 13.1 Å². The lowest BCUT2D eigenvalue weighted by Crippen LogP contribution is -2.42. The van der Waals surface area contributed by atoms with Gasteiger partial charge >= 0.3 is 0 Å². The summed E-state index contributed by atoms with van der Waals surface area (Å²) in [5.41, 5.74) is 13.7. The first-order valence-corrected chi connectivity index (χ1v) is 11.7. The molecule has 184 valence electrons. The molecule has 1 saturated heterocycles. The predicted octanol–water partition coefficient (Wildman–Crippen LogP) is 1.83. The number of benzene rings is 2. The second kappa shape index (κ2) is 13.0. The number of nitrogen functional groups attached to an aromatic ring is 1. The summed E-state index contributed by atoms with van der Waals surface area (Å²) < 4.78 is 1.78. The molecule has 4 rings (SSSR count). The van der Waals surface area contributed by atoms with Gasteiger partial charge in [-0.2, -0.15) is 5.10 Å². The third-order valence-corrected chi connectivity index (χ3v) is 5.90. The zero-order valence-corrected chi connectivity index (χ0v) is 19.7. The van der Waals surface area contributed by atoms with Crippen LogP contribution < -0.4 is 16.8 Å². The van der Waals surface area contributed by atoms with Crippen molar-refractivity contribution >= 4 is 18.2 Å². The molecule has 9 heteroatoms. The molecule has 0 radical (unpaired) electrons. The van der Waals surface area contributed by atoms with E-state index < -0.39 is 6.04 Å². The highest BCUT2D eigenvalue weighted by Crippen LogP contribution is 2.25. The summed E-state index contributed by atoms with van der Waals surface area (Å²) >= 11 is 0. The Balaban J connectivity index is 0.000000287. The molecule has 0 aliphatic carbocycles. The van der Waals surface area contributed by atoms with Crippen LogP contribution in [-0.4, -0.2) is 52.0 Å². The molecule has 1 aromatic heterocycles. The lowest BCUT2D eigenvalue weighted by Gasteiger charge is -2.18. The number of aromatic nitrogens is 2. The molecule has 6 N–H and O–H groups in total. The quantitative estimate of drug-likeness (QED) is 0.212. The van der Waals surface area contributed by atoms with Crippen molar-refractivity contribution in [2.45, 2.75) is 37.9 Å². The van der Waals surface area contributed by atoms with Gasteiger partial charge in [-0.25, -0.2) is 0 Å². The molecule has 2 unspecified atom stereocenters. The molecule has 35 heavy (non-hydrogen) atoms. The molecule has 2 heterocycles. The Kier molecular flexibility index (Phi) is 9.56. The number of rotatable bonds is 9. The van der Waals surface area contributed by atoms with Crippen LogP contribution in [0.3, 0.4) is 0 Å². The van der Waals surface area contributed by atoms with Crippen LogP contribution in [0.2, 0.25) is 0 Å². The summed E-state index contributed by atoms with van der Waals surface area (Å²) in [5.74, 6) is -0.176. The van der Waals surface area contributed by atoms with Crippen LogP contribution in [0.5, 0.6) is 0 Å². The number of hydrogen-bond acceptors (Lipinski definition) is 5. The van der Waals surface area contributed by atoms with Crippen molar-refractivity contribution in [1.82, 2.24) is 20.0 Å². The highest BCUT2D eigenvalue weighted by atomic mass is 16.2. The SMILES string of the molecule is N=C(N)c1ccc(CNC(=O)C2CC(n3cccn3)CN2C=O)cc1.NCCCc1ccccc1. The first kappa shape index (κ1) is 25.6. The maximum Gasteiger partial charge on any atom is 0.243 e. The minimum Gasteiger partial charge on any atom is -0.384 e. The number of nitrogens with two attached hydrogens (primary N) is 2. The molecular weight excluding hydrogens is 442 g/mol. The molecule has 9 nitrogen and oxygen atoms in total. The predicted molar refractivity (Wildman–Crippen MR) is 136 cm³/mol. The second-order valence-corrected chi connectivity index (χ2v) is 8.40.